The lowest BCUT2D eigenvalue weighted by atomic mass is 9.89. The quantitative estimate of drug-likeness (QED) is 0.660. The fraction of sp³-hybridized carbons (Fsp3) is 0.292. The van der Waals surface area contributed by atoms with Crippen molar-refractivity contribution in [2.24, 2.45) is 11.8 Å². The minimum absolute atomic E-state index is 0.0307. The third-order valence-electron chi connectivity index (χ3n) is 6.99. The summed E-state index contributed by atoms with van der Waals surface area (Å²) >= 11 is 0. The Labute approximate surface area is 174 Å². The molecule has 6 nitrogen and oxygen atoms in total. The normalized spacial score (nSPS) is 26.9. The molecule has 30 heavy (non-hydrogen) atoms. The monoisotopic (exact) mass is 398 g/mol. The van der Waals surface area contributed by atoms with Crippen LogP contribution in [0.2, 0.25) is 0 Å². The Morgan fingerprint density at radius 3 is 2.90 bits per heavy atom. The minimum Gasteiger partial charge on any atom is -0.362 e. The molecule has 0 unspecified atom stereocenters. The van der Waals surface area contributed by atoms with E-state index in [4.69, 9.17) is 0 Å². The summed E-state index contributed by atoms with van der Waals surface area (Å²) in [4.78, 5) is 32.3. The molecule has 2 aliphatic heterocycles. The molecular weight excluding hydrogens is 376 g/mol. The average molecular weight is 398 g/mol. The van der Waals surface area contributed by atoms with Gasteiger partial charge in [-0.2, -0.15) is 0 Å². The summed E-state index contributed by atoms with van der Waals surface area (Å²) in [6.45, 7) is 1.37. The van der Waals surface area contributed by atoms with Crippen LogP contribution in [0.25, 0.3) is 10.9 Å². The molecule has 6 rings (SSSR count). The first kappa shape index (κ1) is 17.4. The number of likely N-dealkylation sites (tertiary alicyclic amines) is 1. The Balaban J connectivity index is 1.27. The number of hydrogen-bond acceptors (Lipinski definition) is 4. The summed E-state index contributed by atoms with van der Waals surface area (Å²) in [7, 11) is 0. The van der Waals surface area contributed by atoms with E-state index in [2.05, 4.69) is 15.6 Å². The lowest BCUT2D eigenvalue weighted by molar-refractivity contribution is 0.0767. The fourth-order valence-corrected chi connectivity index (χ4v) is 5.52. The van der Waals surface area contributed by atoms with Crippen LogP contribution in [0.15, 0.2) is 60.8 Å². The lowest BCUT2D eigenvalue weighted by Gasteiger charge is -2.42. The number of nitrogens with zero attached hydrogens (tertiary/aromatic N) is 2. The van der Waals surface area contributed by atoms with Crippen molar-refractivity contribution in [1.82, 2.24) is 15.2 Å². The van der Waals surface area contributed by atoms with Gasteiger partial charge in [-0.3, -0.25) is 14.6 Å². The molecule has 3 heterocycles. The molecule has 1 aromatic heterocycles. The number of nitrogens with one attached hydrogen (secondary N) is 2. The number of carbonyl (C=O) groups is 2. The molecule has 2 N–H and O–H groups in total. The highest BCUT2D eigenvalue weighted by Gasteiger charge is 2.55. The number of pyridine rings is 1. The van der Waals surface area contributed by atoms with Crippen LogP contribution in [0.4, 0.5) is 5.69 Å². The van der Waals surface area contributed by atoms with Gasteiger partial charge in [0.05, 0.1) is 11.1 Å². The van der Waals surface area contributed by atoms with Crippen LogP contribution in [0, 0.1) is 11.8 Å². The van der Waals surface area contributed by atoms with Gasteiger partial charge in [0, 0.05) is 41.8 Å². The predicted molar refractivity (Wildman–Crippen MR) is 114 cm³/mol. The van der Waals surface area contributed by atoms with Crippen LogP contribution in [0.5, 0.6) is 0 Å². The molecular formula is C24H22N4O2. The highest BCUT2D eigenvalue weighted by molar-refractivity contribution is 6.02. The van der Waals surface area contributed by atoms with Gasteiger partial charge in [0.15, 0.2) is 0 Å². The molecule has 1 aliphatic carbocycles. The zero-order chi connectivity index (χ0) is 20.3. The Bertz CT molecular complexity index is 1190. The second-order valence-corrected chi connectivity index (χ2v) is 8.62. The summed E-state index contributed by atoms with van der Waals surface area (Å²) in [6.07, 6.45) is 3.63. The summed E-state index contributed by atoms with van der Waals surface area (Å²) in [6, 6.07) is 17.2. The summed E-state index contributed by atoms with van der Waals surface area (Å²) in [5.41, 5.74) is 2.67. The van der Waals surface area contributed by atoms with E-state index in [1.54, 1.807) is 6.20 Å². The van der Waals surface area contributed by atoms with E-state index >= 15 is 0 Å². The number of aromatic nitrogens is 1. The molecule has 1 spiro atoms. The largest absolute Gasteiger partial charge is 0.362 e. The lowest BCUT2D eigenvalue weighted by Crippen LogP contribution is -2.61. The van der Waals surface area contributed by atoms with Crippen molar-refractivity contribution in [1.29, 1.82) is 0 Å². The highest BCUT2D eigenvalue weighted by atomic mass is 16.2. The van der Waals surface area contributed by atoms with E-state index in [1.165, 1.54) is 0 Å². The molecule has 1 saturated carbocycles. The van der Waals surface area contributed by atoms with E-state index in [0.717, 1.165) is 36.0 Å². The van der Waals surface area contributed by atoms with Crippen molar-refractivity contribution in [3.63, 3.8) is 0 Å². The first-order valence-corrected chi connectivity index (χ1v) is 10.5. The van der Waals surface area contributed by atoms with Crippen LogP contribution < -0.4 is 10.6 Å². The predicted octanol–water partition coefficient (Wildman–Crippen LogP) is 3.27. The van der Waals surface area contributed by atoms with Crippen molar-refractivity contribution in [2.75, 3.05) is 18.4 Å². The number of anilines is 1. The molecule has 2 amide bonds. The highest BCUT2D eigenvalue weighted by Crippen LogP contribution is 2.47. The van der Waals surface area contributed by atoms with Gasteiger partial charge >= 0.3 is 0 Å². The van der Waals surface area contributed by atoms with Crippen molar-refractivity contribution in [2.45, 2.75) is 18.5 Å². The standard InChI is InChI=1S/C24H22N4O2/c29-22-18-5-1-2-6-21(18)26-24(27-22)10-9-17-13-28(14-19(17)24)23(30)16-7-8-20-15(12-16)4-3-11-25-20/h1-8,11-12,17,19,26H,9-10,13-14H2,(H,27,29)/t17-,19+,24+/m1/s1. The number of rotatable bonds is 1. The zero-order valence-corrected chi connectivity index (χ0v) is 16.5. The van der Waals surface area contributed by atoms with Gasteiger partial charge in [-0.15, -0.1) is 0 Å². The van der Waals surface area contributed by atoms with Crippen LogP contribution in [-0.4, -0.2) is 40.5 Å². The Kier molecular flexibility index (Phi) is 3.66. The van der Waals surface area contributed by atoms with Crippen LogP contribution in [0.1, 0.15) is 33.6 Å². The van der Waals surface area contributed by atoms with Crippen molar-refractivity contribution in [3.8, 4) is 0 Å². The molecule has 3 atom stereocenters. The second-order valence-electron chi connectivity index (χ2n) is 8.62. The molecule has 3 aliphatic rings. The number of carbonyl (C=O) groups excluding carboxylic acids is 2. The maximum Gasteiger partial charge on any atom is 0.255 e. The third kappa shape index (κ3) is 2.53. The van der Waals surface area contributed by atoms with E-state index in [-0.39, 0.29) is 17.7 Å². The molecule has 6 heteroatoms. The number of benzene rings is 2. The Morgan fingerprint density at radius 2 is 1.97 bits per heavy atom. The average Bonchev–Trinajstić information content (AvgIpc) is 3.34. The first-order valence-electron chi connectivity index (χ1n) is 10.5. The van der Waals surface area contributed by atoms with Crippen molar-refractivity contribution < 1.29 is 9.59 Å². The Hall–Kier alpha value is -3.41. The van der Waals surface area contributed by atoms with Crippen LogP contribution in [0.3, 0.4) is 0 Å². The van der Waals surface area contributed by atoms with E-state index in [0.29, 0.717) is 23.6 Å². The molecule has 150 valence electrons. The smallest absolute Gasteiger partial charge is 0.255 e. The molecule has 0 radical (unpaired) electrons. The first-order chi connectivity index (χ1) is 14.6. The minimum atomic E-state index is -0.474. The van der Waals surface area contributed by atoms with Gasteiger partial charge in [-0.25, -0.2) is 0 Å². The van der Waals surface area contributed by atoms with Gasteiger partial charge in [-0.05, 0) is 55.2 Å². The number of hydrogen-bond donors (Lipinski definition) is 2. The van der Waals surface area contributed by atoms with E-state index in [9.17, 15) is 9.59 Å². The summed E-state index contributed by atoms with van der Waals surface area (Å²) in [5, 5.41) is 7.84. The maximum absolute atomic E-state index is 13.3. The molecule has 2 fully saturated rings. The number of para-hydroxylation sites is 1. The summed E-state index contributed by atoms with van der Waals surface area (Å²) < 4.78 is 0. The molecule has 2 aromatic carbocycles. The molecule has 0 bridgehead atoms. The number of fused-ring (bicyclic) bond motifs is 4. The third-order valence-corrected chi connectivity index (χ3v) is 6.99. The van der Waals surface area contributed by atoms with Crippen LogP contribution >= 0.6 is 0 Å². The Morgan fingerprint density at radius 1 is 1.07 bits per heavy atom. The van der Waals surface area contributed by atoms with E-state index < -0.39 is 5.66 Å². The maximum atomic E-state index is 13.3. The molecule has 3 aromatic rings. The summed E-state index contributed by atoms with van der Waals surface area (Å²) in [5.74, 6) is 0.597. The van der Waals surface area contributed by atoms with Gasteiger partial charge in [0.1, 0.15) is 5.66 Å². The SMILES string of the molecule is O=C1N[C@]2(CC[C@@H]3CN(C(=O)c4ccc5ncccc5c4)C[C@@H]32)Nc2ccccc21. The second kappa shape index (κ2) is 6.29. The van der Waals surface area contributed by atoms with Crippen molar-refractivity contribution >= 4 is 28.4 Å². The van der Waals surface area contributed by atoms with Gasteiger partial charge < -0.3 is 15.5 Å². The van der Waals surface area contributed by atoms with Crippen LogP contribution in [-0.2, 0) is 0 Å². The van der Waals surface area contributed by atoms with Gasteiger partial charge in [0.2, 0.25) is 0 Å². The zero-order valence-electron chi connectivity index (χ0n) is 16.5. The van der Waals surface area contributed by atoms with E-state index in [1.807, 2.05) is 59.5 Å². The van der Waals surface area contributed by atoms with Crippen molar-refractivity contribution in [3.05, 3.63) is 71.9 Å². The topological polar surface area (TPSA) is 74.3 Å². The van der Waals surface area contributed by atoms with Gasteiger partial charge in [-0.1, -0.05) is 18.2 Å². The number of amides is 2. The fourth-order valence-electron chi connectivity index (χ4n) is 5.52. The molecule has 1 saturated heterocycles. The van der Waals surface area contributed by atoms with Gasteiger partial charge in [0.25, 0.3) is 11.8 Å².